The molecule has 0 aliphatic carbocycles. The molecule has 1 saturated heterocycles. The highest BCUT2D eigenvalue weighted by Crippen LogP contribution is 2.22. The first-order chi connectivity index (χ1) is 9.13. The predicted octanol–water partition coefficient (Wildman–Crippen LogP) is 2.82. The van der Waals surface area contributed by atoms with Crippen LogP contribution in [0.15, 0.2) is 0 Å². The normalized spacial score (nSPS) is 19.8. The van der Waals surface area contributed by atoms with Crippen LogP contribution in [0.1, 0.15) is 54.4 Å². The molecule has 1 heterocycles. The van der Waals surface area contributed by atoms with Crippen molar-refractivity contribution >= 4 is 0 Å². The Balaban J connectivity index is 2.38. The zero-order valence-electron chi connectivity index (χ0n) is 14.9. The molecule has 0 aromatic heterocycles. The van der Waals surface area contributed by atoms with E-state index in [0.29, 0.717) is 5.41 Å². The second-order valence-electron chi connectivity index (χ2n) is 8.35. The third kappa shape index (κ3) is 6.55. The van der Waals surface area contributed by atoms with Crippen LogP contribution in [0.5, 0.6) is 0 Å². The van der Waals surface area contributed by atoms with Crippen LogP contribution in [0.4, 0.5) is 0 Å². The van der Waals surface area contributed by atoms with Crippen LogP contribution in [0.3, 0.4) is 0 Å². The van der Waals surface area contributed by atoms with E-state index in [-0.39, 0.29) is 5.54 Å². The summed E-state index contributed by atoms with van der Waals surface area (Å²) in [7, 11) is 2.31. The Labute approximate surface area is 127 Å². The number of hydrogen-bond acceptors (Lipinski definition) is 3. The maximum absolute atomic E-state index is 3.65. The van der Waals surface area contributed by atoms with Crippen molar-refractivity contribution in [2.45, 2.75) is 66.0 Å². The summed E-state index contributed by atoms with van der Waals surface area (Å²) in [6.45, 7) is 19.8. The fourth-order valence-corrected chi connectivity index (χ4v) is 3.04. The molecule has 1 aliphatic heterocycles. The summed E-state index contributed by atoms with van der Waals surface area (Å²) in [5.41, 5.74) is 0.534. The first-order valence-electron chi connectivity index (χ1n) is 8.30. The smallest absolute Gasteiger partial charge is 0.0117 e. The molecular weight excluding hydrogens is 246 g/mol. The highest BCUT2D eigenvalue weighted by molar-refractivity contribution is 4.84. The van der Waals surface area contributed by atoms with Crippen LogP contribution < -0.4 is 5.32 Å². The van der Waals surface area contributed by atoms with Gasteiger partial charge in [0.05, 0.1) is 0 Å². The Morgan fingerprint density at radius 1 is 1.10 bits per heavy atom. The van der Waals surface area contributed by atoms with E-state index in [1.54, 1.807) is 0 Å². The summed E-state index contributed by atoms with van der Waals surface area (Å²) < 4.78 is 0. The van der Waals surface area contributed by atoms with Crippen LogP contribution in [0, 0.1) is 5.41 Å². The lowest BCUT2D eigenvalue weighted by atomic mass is 9.90. The number of nitrogens with one attached hydrogen (secondary N) is 1. The average molecular weight is 284 g/mol. The number of piperidine rings is 1. The summed E-state index contributed by atoms with van der Waals surface area (Å²) in [5.74, 6) is 0. The average Bonchev–Trinajstić information content (AvgIpc) is 2.35. The summed E-state index contributed by atoms with van der Waals surface area (Å²) in [6.07, 6.45) is 2.65. The minimum atomic E-state index is 0.211. The molecule has 1 fully saturated rings. The van der Waals surface area contributed by atoms with Crippen LogP contribution >= 0.6 is 0 Å². The van der Waals surface area contributed by atoms with Gasteiger partial charge in [0.25, 0.3) is 0 Å². The Hall–Kier alpha value is -0.120. The van der Waals surface area contributed by atoms with Gasteiger partial charge in [-0.3, -0.25) is 0 Å². The minimum absolute atomic E-state index is 0.211. The van der Waals surface area contributed by atoms with Crippen molar-refractivity contribution in [2.75, 3.05) is 39.8 Å². The van der Waals surface area contributed by atoms with Gasteiger partial charge in [-0.15, -0.1) is 0 Å². The van der Waals surface area contributed by atoms with Crippen LogP contribution in [0.25, 0.3) is 0 Å². The lowest BCUT2D eigenvalue weighted by Crippen LogP contribution is -2.49. The van der Waals surface area contributed by atoms with Crippen molar-refractivity contribution in [1.29, 1.82) is 0 Å². The maximum atomic E-state index is 3.65. The second kappa shape index (κ2) is 7.24. The Morgan fingerprint density at radius 2 is 1.65 bits per heavy atom. The van der Waals surface area contributed by atoms with Gasteiger partial charge in [-0.1, -0.05) is 20.8 Å². The van der Waals surface area contributed by atoms with E-state index >= 15 is 0 Å². The van der Waals surface area contributed by atoms with Crippen molar-refractivity contribution < 1.29 is 0 Å². The lowest BCUT2D eigenvalue weighted by Gasteiger charge is -2.40. The summed E-state index contributed by atoms with van der Waals surface area (Å²) >= 11 is 0. The highest BCUT2D eigenvalue weighted by atomic mass is 15.2. The van der Waals surface area contributed by atoms with Gasteiger partial charge in [-0.2, -0.15) is 0 Å². The van der Waals surface area contributed by atoms with Crippen LogP contribution in [-0.4, -0.2) is 61.2 Å². The Kier molecular flexibility index (Phi) is 6.49. The number of nitrogens with zero attached hydrogens (tertiary/aromatic N) is 2. The first-order valence-corrected chi connectivity index (χ1v) is 8.30. The van der Waals surface area contributed by atoms with Crippen molar-refractivity contribution in [3.63, 3.8) is 0 Å². The number of likely N-dealkylation sites (tertiary alicyclic amines) is 1. The monoisotopic (exact) mass is 283 g/mol. The molecule has 0 bridgehead atoms. The molecule has 0 amide bonds. The van der Waals surface area contributed by atoms with E-state index < -0.39 is 0 Å². The second-order valence-corrected chi connectivity index (χ2v) is 8.35. The van der Waals surface area contributed by atoms with Gasteiger partial charge in [-0.05, 0) is 65.7 Å². The van der Waals surface area contributed by atoms with Crippen LogP contribution in [0.2, 0.25) is 0 Å². The van der Waals surface area contributed by atoms with Gasteiger partial charge >= 0.3 is 0 Å². The summed E-state index contributed by atoms with van der Waals surface area (Å²) in [4.78, 5) is 5.16. The number of hydrogen-bond donors (Lipinski definition) is 1. The van der Waals surface area contributed by atoms with E-state index in [1.165, 1.54) is 39.0 Å². The zero-order valence-corrected chi connectivity index (χ0v) is 14.9. The van der Waals surface area contributed by atoms with E-state index in [2.05, 4.69) is 63.7 Å². The van der Waals surface area contributed by atoms with Crippen molar-refractivity contribution in [1.82, 2.24) is 15.1 Å². The van der Waals surface area contributed by atoms with Gasteiger partial charge in [0, 0.05) is 24.7 Å². The molecule has 0 radical (unpaired) electrons. The molecule has 0 unspecified atom stereocenters. The van der Waals surface area contributed by atoms with E-state index in [9.17, 15) is 0 Å². The van der Waals surface area contributed by atoms with Gasteiger partial charge < -0.3 is 15.1 Å². The molecule has 3 nitrogen and oxygen atoms in total. The topological polar surface area (TPSA) is 18.5 Å². The predicted molar refractivity (Wildman–Crippen MR) is 89.3 cm³/mol. The zero-order chi connectivity index (χ0) is 15.4. The van der Waals surface area contributed by atoms with Crippen molar-refractivity contribution in [3.05, 3.63) is 0 Å². The molecule has 1 rings (SSSR count). The van der Waals surface area contributed by atoms with Crippen molar-refractivity contribution in [2.24, 2.45) is 5.41 Å². The summed E-state index contributed by atoms with van der Waals surface area (Å²) in [5, 5.41) is 3.65. The highest BCUT2D eigenvalue weighted by Gasteiger charge is 2.27. The molecule has 0 atom stereocenters. The number of rotatable bonds is 6. The third-order valence-electron chi connectivity index (χ3n) is 4.40. The molecule has 0 aromatic rings. The Morgan fingerprint density at radius 3 is 2.10 bits per heavy atom. The van der Waals surface area contributed by atoms with Crippen molar-refractivity contribution in [3.8, 4) is 0 Å². The molecule has 3 heteroatoms. The SMILES string of the molecule is CCN1CCC(N(C)CC(C)(C)CNC(C)(C)C)CC1. The third-order valence-corrected chi connectivity index (χ3v) is 4.40. The van der Waals surface area contributed by atoms with E-state index in [1.807, 2.05) is 0 Å². The molecule has 20 heavy (non-hydrogen) atoms. The van der Waals surface area contributed by atoms with E-state index in [0.717, 1.165) is 12.6 Å². The standard InChI is InChI=1S/C17H37N3/c1-8-20-11-9-15(10-12-20)19(7)14-17(5,6)13-18-16(2,3)4/h15,18H,8-14H2,1-7H3. The van der Waals surface area contributed by atoms with Gasteiger partial charge in [-0.25, -0.2) is 0 Å². The summed E-state index contributed by atoms with van der Waals surface area (Å²) in [6, 6.07) is 0.770. The Bertz CT molecular complexity index is 272. The molecule has 0 spiro atoms. The van der Waals surface area contributed by atoms with E-state index in [4.69, 9.17) is 0 Å². The van der Waals surface area contributed by atoms with Gasteiger partial charge in [0.2, 0.25) is 0 Å². The lowest BCUT2D eigenvalue weighted by molar-refractivity contribution is 0.0960. The van der Waals surface area contributed by atoms with Crippen LogP contribution in [-0.2, 0) is 0 Å². The van der Waals surface area contributed by atoms with Gasteiger partial charge in [0.1, 0.15) is 0 Å². The maximum Gasteiger partial charge on any atom is 0.0117 e. The largest absolute Gasteiger partial charge is 0.311 e. The first kappa shape index (κ1) is 17.9. The van der Waals surface area contributed by atoms with Gasteiger partial charge in [0.15, 0.2) is 0 Å². The molecule has 0 aromatic carbocycles. The molecular formula is C17H37N3. The molecule has 1 aliphatic rings. The minimum Gasteiger partial charge on any atom is -0.311 e. The fourth-order valence-electron chi connectivity index (χ4n) is 3.04. The molecule has 120 valence electrons. The molecule has 0 saturated carbocycles. The fraction of sp³-hybridized carbons (Fsp3) is 1.00. The molecule has 1 N–H and O–H groups in total. The quantitative estimate of drug-likeness (QED) is 0.809.